The first kappa shape index (κ1) is 15.9. The highest BCUT2D eigenvalue weighted by Gasteiger charge is 2.30. The van der Waals surface area contributed by atoms with Crippen molar-refractivity contribution in [2.45, 2.75) is 18.9 Å². The molecule has 0 bridgehead atoms. The standard InChI is InChI=1S/C20H20N2O2/c1-3-14-22(18-13-12-15-8-4-5-9-16(15)18)20(23)21-17-10-6-7-11-19(17)24-2/h1,4-11,18H,12-14H2,2H3,(H,21,23)/t18-/m1/s1. The number of para-hydroxylation sites is 2. The van der Waals surface area contributed by atoms with Crippen LogP contribution >= 0.6 is 0 Å². The van der Waals surface area contributed by atoms with Crippen molar-refractivity contribution in [1.29, 1.82) is 0 Å². The van der Waals surface area contributed by atoms with Gasteiger partial charge < -0.3 is 15.0 Å². The molecule has 0 aromatic heterocycles. The number of hydrogen-bond donors (Lipinski definition) is 1. The number of carbonyl (C=O) groups excluding carboxylic acids is 1. The van der Waals surface area contributed by atoms with Crippen LogP contribution in [0.15, 0.2) is 48.5 Å². The molecule has 0 saturated heterocycles. The summed E-state index contributed by atoms with van der Waals surface area (Å²) in [6, 6.07) is 15.4. The molecule has 2 aromatic carbocycles. The van der Waals surface area contributed by atoms with Crippen LogP contribution < -0.4 is 10.1 Å². The molecule has 3 rings (SSSR count). The maximum Gasteiger partial charge on any atom is 0.323 e. The number of nitrogens with one attached hydrogen (secondary N) is 1. The first-order chi connectivity index (χ1) is 11.7. The van der Waals surface area contributed by atoms with Crippen molar-refractivity contribution in [3.8, 4) is 18.1 Å². The Morgan fingerprint density at radius 3 is 2.83 bits per heavy atom. The fourth-order valence-electron chi connectivity index (χ4n) is 3.22. The van der Waals surface area contributed by atoms with E-state index in [2.05, 4.69) is 23.4 Å². The SMILES string of the molecule is C#CCN(C(=O)Nc1ccccc1OC)[C@@H]1CCc2ccccc21. The van der Waals surface area contributed by atoms with Crippen molar-refractivity contribution in [1.82, 2.24) is 4.90 Å². The highest BCUT2D eigenvalue weighted by atomic mass is 16.5. The fraction of sp³-hybridized carbons (Fsp3) is 0.250. The van der Waals surface area contributed by atoms with E-state index in [1.54, 1.807) is 12.0 Å². The van der Waals surface area contributed by atoms with Gasteiger partial charge in [0.2, 0.25) is 0 Å². The lowest BCUT2D eigenvalue weighted by atomic mass is 10.1. The average Bonchev–Trinajstić information content (AvgIpc) is 3.04. The van der Waals surface area contributed by atoms with Gasteiger partial charge in [-0.1, -0.05) is 42.3 Å². The molecule has 2 amide bonds. The van der Waals surface area contributed by atoms with Crippen molar-refractivity contribution in [3.05, 3.63) is 59.7 Å². The van der Waals surface area contributed by atoms with Gasteiger partial charge in [-0.15, -0.1) is 6.42 Å². The Hall–Kier alpha value is -2.93. The molecular formula is C20H20N2O2. The summed E-state index contributed by atoms with van der Waals surface area (Å²) in [6.45, 7) is 0.264. The molecule has 24 heavy (non-hydrogen) atoms. The molecule has 0 aliphatic heterocycles. The highest BCUT2D eigenvalue weighted by molar-refractivity contribution is 5.91. The van der Waals surface area contributed by atoms with Crippen molar-refractivity contribution in [3.63, 3.8) is 0 Å². The summed E-state index contributed by atoms with van der Waals surface area (Å²) < 4.78 is 5.29. The molecule has 0 heterocycles. The number of aryl methyl sites for hydroxylation is 1. The van der Waals surface area contributed by atoms with Crippen LogP contribution in [0.4, 0.5) is 10.5 Å². The first-order valence-electron chi connectivity index (χ1n) is 7.96. The zero-order valence-electron chi connectivity index (χ0n) is 13.7. The smallest absolute Gasteiger partial charge is 0.323 e. The van der Waals surface area contributed by atoms with Crippen molar-refractivity contribution in [2.24, 2.45) is 0 Å². The third-order valence-electron chi connectivity index (χ3n) is 4.35. The summed E-state index contributed by atoms with van der Waals surface area (Å²) in [7, 11) is 1.58. The number of anilines is 1. The Balaban J connectivity index is 1.84. The Kier molecular flexibility index (Phi) is 4.72. The topological polar surface area (TPSA) is 41.6 Å². The molecule has 1 aliphatic rings. The predicted molar refractivity (Wildman–Crippen MR) is 95.1 cm³/mol. The molecule has 0 radical (unpaired) electrons. The van der Waals surface area contributed by atoms with Gasteiger partial charge in [-0.3, -0.25) is 0 Å². The summed E-state index contributed by atoms with van der Waals surface area (Å²) in [6.07, 6.45) is 7.36. The number of methoxy groups -OCH3 is 1. The van der Waals surface area contributed by atoms with Crippen LogP contribution in [0.1, 0.15) is 23.6 Å². The highest BCUT2D eigenvalue weighted by Crippen LogP contribution is 2.36. The lowest BCUT2D eigenvalue weighted by molar-refractivity contribution is 0.197. The van der Waals surface area contributed by atoms with Gasteiger partial charge in [-0.05, 0) is 36.1 Å². The summed E-state index contributed by atoms with van der Waals surface area (Å²) in [5.74, 6) is 3.23. The van der Waals surface area contributed by atoms with Gasteiger partial charge in [-0.2, -0.15) is 0 Å². The zero-order chi connectivity index (χ0) is 16.9. The maximum atomic E-state index is 12.8. The van der Waals surface area contributed by atoms with E-state index in [9.17, 15) is 4.79 Å². The third-order valence-corrected chi connectivity index (χ3v) is 4.35. The lowest BCUT2D eigenvalue weighted by Crippen LogP contribution is -2.37. The predicted octanol–water partition coefficient (Wildman–Crippen LogP) is 3.85. The molecule has 1 aliphatic carbocycles. The van der Waals surface area contributed by atoms with Crippen LogP contribution in [0.25, 0.3) is 0 Å². The second kappa shape index (κ2) is 7.10. The number of terminal acetylenes is 1. The molecule has 4 heteroatoms. The van der Waals surface area contributed by atoms with Crippen LogP contribution in [0.3, 0.4) is 0 Å². The van der Waals surface area contributed by atoms with E-state index in [1.807, 2.05) is 36.4 Å². The molecule has 0 fully saturated rings. The second-order valence-electron chi connectivity index (χ2n) is 5.72. The van der Waals surface area contributed by atoms with Crippen LogP contribution in [0, 0.1) is 12.3 Å². The third kappa shape index (κ3) is 3.07. The van der Waals surface area contributed by atoms with E-state index in [0.717, 1.165) is 12.8 Å². The van der Waals surface area contributed by atoms with Crippen LogP contribution in [0.2, 0.25) is 0 Å². The van der Waals surface area contributed by atoms with E-state index in [0.29, 0.717) is 11.4 Å². The van der Waals surface area contributed by atoms with Crippen LogP contribution in [-0.4, -0.2) is 24.6 Å². The molecule has 122 valence electrons. The number of hydrogen-bond acceptors (Lipinski definition) is 2. The van der Waals surface area contributed by atoms with Gasteiger partial charge in [0.1, 0.15) is 5.75 Å². The number of carbonyl (C=O) groups is 1. The molecule has 0 unspecified atom stereocenters. The van der Waals surface area contributed by atoms with Gasteiger partial charge in [0.25, 0.3) is 0 Å². The number of urea groups is 1. The summed E-state index contributed by atoms with van der Waals surface area (Å²) in [5, 5.41) is 2.92. The van der Waals surface area contributed by atoms with Crippen LogP contribution in [0.5, 0.6) is 5.75 Å². The number of amides is 2. The van der Waals surface area contributed by atoms with Crippen LogP contribution in [-0.2, 0) is 6.42 Å². The summed E-state index contributed by atoms with van der Waals surface area (Å²) >= 11 is 0. The number of rotatable bonds is 4. The van der Waals surface area contributed by atoms with Gasteiger partial charge >= 0.3 is 6.03 Å². The Labute approximate surface area is 142 Å². The van der Waals surface area contributed by atoms with Gasteiger partial charge in [0.15, 0.2) is 0 Å². The van der Waals surface area contributed by atoms with Crippen molar-refractivity contribution in [2.75, 3.05) is 19.0 Å². The monoisotopic (exact) mass is 320 g/mol. The molecule has 1 N–H and O–H groups in total. The van der Waals surface area contributed by atoms with Gasteiger partial charge in [0, 0.05) is 0 Å². The van der Waals surface area contributed by atoms with E-state index >= 15 is 0 Å². The zero-order valence-corrected chi connectivity index (χ0v) is 13.7. The number of nitrogens with zero attached hydrogens (tertiary/aromatic N) is 1. The van der Waals surface area contributed by atoms with Gasteiger partial charge in [0.05, 0.1) is 25.4 Å². The number of fused-ring (bicyclic) bond motifs is 1. The molecule has 2 aromatic rings. The minimum atomic E-state index is -0.209. The molecule has 0 saturated carbocycles. The minimum Gasteiger partial charge on any atom is -0.495 e. The Morgan fingerprint density at radius 1 is 1.29 bits per heavy atom. The van der Waals surface area contributed by atoms with E-state index < -0.39 is 0 Å². The Bertz CT molecular complexity index is 779. The fourth-order valence-corrected chi connectivity index (χ4v) is 3.22. The van der Waals surface area contributed by atoms with E-state index in [-0.39, 0.29) is 18.6 Å². The molecule has 1 atom stereocenters. The number of benzene rings is 2. The summed E-state index contributed by atoms with van der Waals surface area (Å²) in [5.41, 5.74) is 3.11. The van der Waals surface area contributed by atoms with Gasteiger partial charge in [-0.25, -0.2) is 4.79 Å². The molecular weight excluding hydrogens is 300 g/mol. The first-order valence-corrected chi connectivity index (χ1v) is 7.96. The minimum absolute atomic E-state index is 0.00644. The van der Waals surface area contributed by atoms with Crippen molar-refractivity contribution < 1.29 is 9.53 Å². The van der Waals surface area contributed by atoms with E-state index in [4.69, 9.17) is 11.2 Å². The molecule has 4 nitrogen and oxygen atoms in total. The summed E-state index contributed by atoms with van der Waals surface area (Å²) in [4.78, 5) is 14.6. The average molecular weight is 320 g/mol. The van der Waals surface area contributed by atoms with E-state index in [1.165, 1.54) is 11.1 Å². The lowest BCUT2D eigenvalue weighted by Gasteiger charge is -2.28. The van der Waals surface area contributed by atoms with Crippen molar-refractivity contribution >= 4 is 11.7 Å². The largest absolute Gasteiger partial charge is 0.495 e. The normalized spacial score (nSPS) is 15.2. The molecule has 0 spiro atoms. The maximum absolute atomic E-state index is 12.8. The number of ether oxygens (including phenoxy) is 1. The Morgan fingerprint density at radius 2 is 2.04 bits per heavy atom. The quantitative estimate of drug-likeness (QED) is 0.869. The second-order valence-corrected chi connectivity index (χ2v) is 5.72.